The lowest BCUT2D eigenvalue weighted by molar-refractivity contribution is 0.482. The Morgan fingerprint density at radius 1 is 1.05 bits per heavy atom. The Hall–Kier alpha value is -2.35. The fraction of sp³-hybridized carbons (Fsp3) is 0.167. The molecule has 0 fully saturated rings. The van der Waals surface area contributed by atoms with Crippen LogP contribution in [0.2, 0.25) is 0 Å². The van der Waals surface area contributed by atoms with E-state index in [4.69, 9.17) is 4.74 Å². The number of rotatable bonds is 5. The molecule has 20 heavy (non-hydrogen) atoms. The Labute approximate surface area is 120 Å². The van der Waals surface area contributed by atoms with Crippen molar-refractivity contribution in [2.45, 2.75) is 19.8 Å². The summed E-state index contributed by atoms with van der Waals surface area (Å²) in [7, 11) is 0. The van der Waals surface area contributed by atoms with Crippen LogP contribution < -0.4 is 4.74 Å². The Morgan fingerprint density at radius 3 is 2.20 bits per heavy atom. The summed E-state index contributed by atoms with van der Waals surface area (Å²) in [4.78, 5) is 4.05. The molecule has 0 radical (unpaired) electrons. The van der Waals surface area contributed by atoms with Crippen molar-refractivity contribution < 1.29 is 4.74 Å². The van der Waals surface area contributed by atoms with E-state index in [1.165, 1.54) is 5.56 Å². The largest absolute Gasteiger partial charge is 0.457 e. The van der Waals surface area contributed by atoms with Gasteiger partial charge >= 0.3 is 0 Å². The topological polar surface area (TPSA) is 21.6 Å². The predicted octanol–water partition coefficient (Wildman–Crippen LogP) is 5.19. The van der Waals surface area contributed by atoms with E-state index in [9.17, 15) is 0 Å². The first-order valence-electron chi connectivity index (χ1n) is 6.70. The first-order chi connectivity index (χ1) is 9.74. The quantitative estimate of drug-likeness (QED) is 0.682. The highest BCUT2D eigenvalue weighted by Gasteiger charge is 2.09. The van der Waals surface area contributed by atoms with Crippen LogP contribution >= 0.6 is 0 Å². The highest BCUT2D eigenvalue weighted by Crippen LogP contribution is 2.27. The molecule has 102 valence electrons. The number of nitrogens with zero attached hydrogens (tertiary/aromatic N) is 1. The molecule has 1 unspecified atom stereocenters. The Bertz CT molecular complexity index is 585. The van der Waals surface area contributed by atoms with E-state index in [2.05, 4.69) is 30.8 Å². The molecular formula is C18H19NO. The third kappa shape index (κ3) is 3.35. The summed E-state index contributed by atoms with van der Waals surface area (Å²) in [6.45, 7) is 7.71. The van der Waals surface area contributed by atoms with E-state index < -0.39 is 0 Å². The van der Waals surface area contributed by atoms with Crippen molar-refractivity contribution in [3.05, 3.63) is 71.9 Å². The zero-order valence-corrected chi connectivity index (χ0v) is 11.9. The number of hydrogen-bond acceptors (Lipinski definition) is 2. The van der Waals surface area contributed by atoms with Crippen molar-refractivity contribution in [2.75, 3.05) is 0 Å². The molecule has 0 saturated carbocycles. The molecule has 2 nitrogen and oxygen atoms in total. The molecule has 0 aromatic heterocycles. The molecule has 2 aromatic rings. The maximum absolute atomic E-state index is 5.78. The fourth-order valence-corrected chi connectivity index (χ4v) is 2.10. The summed E-state index contributed by atoms with van der Waals surface area (Å²) in [6.07, 6.45) is 1.99. The Kier molecular flexibility index (Phi) is 4.72. The molecular weight excluding hydrogens is 246 g/mol. The molecule has 2 aromatic carbocycles. The normalized spacial score (nSPS) is 12.8. The van der Waals surface area contributed by atoms with Gasteiger partial charge < -0.3 is 4.74 Å². The van der Waals surface area contributed by atoms with Crippen molar-refractivity contribution in [3.8, 4) is 11.5 Å². The van der Waals surface area contributed by atoms with Gasteiger partial charge in [-0.3, -0.25) is 4.99 Å². The molecule has 0 N–H and O–H groups in total. The number of allylic oxidation sites excluding steroid dienone is 2. The van der Waals surface area contributed by atoms with Crippen LogP contribution in [-0.2, 0) is 0 Å². The van der Waals surface area contributed by atoms with Crippen LogP contribution in [0, 0.1) is 0 Å². The first-order valence-corrected chi connectivity index (χ1v) is 6.70. The van der Waals surface area contributed by atoms with Gasteiger partial charge in [0.25, 0.3) is 0 Å². The number of para-hydroxylation sites is 1. The second-order valence-electron chi connectivity index (χ2n) is 4.58. The van der Waals surface area contributed by atoms with E-state index in [1.54, 1.807) is 0 Å². The average Bonchev–Trinajstić information content (AvgIpc) is 2.50. The first kappa shape index (κ1) is 14.1. The van der Waals surface area contributed by atoms with Crippen molar-refractivity contribution in [1.29, 1.82) is 0 Å². The van der Waals surface area contributed by atoms with Crippen LogP contribution in [0.1, 0.15) is 25.3 Å². The summed E-state index contributed by atoms with van der Waals surface area (Å²) >= 11 is 0. The van der Waals surface area contributed by atoms with E-state index in [0.717, 1.165) is 17.2 Å². The van der Waals surface area contributed by atoms with Crippen LogP contribution in [0.5, 0.6) is 11.5 Å². The van der Waals surface area contributed by atoms with Gasteiger partial charge in [0.05, 0.1) is 0 Å². The molecule has 0 aliphatic heterocycles. The second kappa shape index (κ2) is 6.71. The molecule has 2 heteroatoms. The minimum atomic E-state index is 0.239. The highest BCUT2D eigenvalue weighted by molar-refractivity contribution is 5.38. The standard InChI is InChI=1S/C18H19NO/c1-4-18(19-3)14(2)15-10-12-17(13-11-15)20-16-8-6-5-7-9-16/h4-14H,3H2,1-2H3/b18-4+. The van der Waals surface area contributed by atoms with Crippen LogP contribution in [0.3, 0.4) is 0 Å². The van der Waals surface area contributed by atoms with E-state index >= 15 is 0 Å². The highest BCUT2D eigenvalue weighted by atomic mass is 16.5. The van der Waals surface area contributed by atoms with Gasteiger partial charge in [-0.05, 0) is 43.5 Å². The summed E-state index contributed by atoms with van der Waals surface area (Å²) < 4.78 is 5.78. The molecule has 2 rings (SSSR count). The van der Waals surface area contributed by atoms with Gasteiger partial charge in [0, 0.05) is 11.6 Å². The third-order valence-electron chi connectivity index (χ3n) is 3.28. The maximum Gasteiger partial charge on any atom is 0.127 e. The molecule has 0 spiro atoms. The molecule has 0 saturated heterocycles. The monoisotopic (exact) mass is 265 g/mol. The van der Waals surface area contributed by atoms with Crippen LogP contribution in [0.4, 0.5) is 0 Å². The summed E-state index contributed by atoms with van der Waals surface area (Å²) in [6, 6.07) is 17.9. The van der Waals surface area contributed by atoms with Gasteiger partial charge in [-0.25, -0.2) is 0 Å². The Balaban J connectivity index is 2.12. The van der Waals surface area contributed by atoms with Crippen LogP contribution in [-0.4, -0.2) is 6.72 Å². The second-order valence-corrected chi connectivity index (χ2v) is 4.58. The van der Waals surface area contributed by atoms with E-state index in [1.807, 2.05) is 55.5 Å². The minimum Gasteiger partial charge on any atom is -0.457 e. The molecule has 1 atom stereocenters. The van der Waals surface area contributed by atoms with Crippen molar-refractivity contribution in [3.63, 3.8) is 0 Å². The molecule has 0 aliphatic carbocycles. The molecule has 0 bridgehead atoms. The van der Waals surface area contributed by atoms with Crippen molar-refractivity contribution >= 4 is 6.72 Å². The number of aliphatic imine (C=N–C) groups is 1. The number of hydrogen-bond donors (Lipinski definition) is 0. The molecule has 0 aliphatic rings. The van der Waals surface area contributed by atoms with Crippen molar-refractivity contribution in [2.24, 2.45) is 4.99 Å². The summed E-state index contributed by atoms with van der Waals surface area (Å²) in [5.41, 5.74) is 2.19. The zero-order valence-electron chi connectivity index (χ0n) is 11.9. The number of ether oxygens (including phenoxy) is 1. The zero-order chi connectivity index (χ0) is 14.4. The summed E-state index contributed by atoms with van der Waals surface area (Å²) in [5.74, 6) is 1.92. The van der Waals surface area contributed by atoms with Gasteiger partial charge in [0.1, 0.15) is 11.5 Å². The van der Waals surface area contributed by atoms with Gasteiger partial charge in [-0.15, -0.1) is 0 Å². The third-order valence-corrected chi connectivity index (χ3v) is 3.28. The van der Waals surface area contributed by atoms with Gasteiger partial charge in [0.15, 0.2) is 0 Å². The predicted molar refractivity (Wildman–Crippen MR) is 84.7 cm³/mol. The lowest BCUT2D eigenvalue weighted by Crippen LogP contribution is -1.96. The van der Waals surface area contributed by atoms with Gasteiger partial charge in [-0.1, -0.05) is 43.3 Å². The summed E-state index contributed by atoms with van der Waals surface area (Å²) in [5, 5.41) is 0. The van der Waals surface area contributed by atoms with Crippen LogP contribution in [0.25, 0.3) is 0 Å². The molecule has 0 amide bonds. The number of benzene rings is 2. The van der Waals surface area contributed by atoms with Crippen LogP contribution in [0.15, 0.2) is 71.4 Å². The average molecular weight is 265 g/mol. The SMILES string of the molecule is C=N/C(=C/C)C(C)c1ccc(Oc2ccccc2)cc1. The lowest BCUT2D eigenvalue weighted by Gasteiger charge is -2.13. The van der Waals surface area contributed by atoms with E-state index in [0.29, 0.717) is 0 Å². The van der Waals surface area contributed by atoms with Gasteiger partial charge in [-0.2, -0.15) is 0 Å². The molecule has 0 heterocycles. The van der Waals surface area contributed by atoms with E-state index in [-0.39, 0.29) is 5.92 Å². The maximum atomic E-state index is 5.78. The fourth-order valence-electron chi connectivity index (χ4n) is 2.10. The minimum absolute atomic E-state index is 0.239. The smallest absolute Gasteiger partial charge is 0.127 e. The van der Waals surface area contributed by atoms with Gasteiger partial charge in [0.2, 0.25) is 0 Å². The van der Waals surface area contributed by atoms with Crippen molar-refractivity contribution in [1.82, 2.24) is 0 Å². The lowest BCUT2D eigenvalue weighted by atomic mass is 9.97. The Morgan fingerprint density at radius 2 is 1.65 bits per heavy atom.